The lowest BCUT2D eigenvalue weighted by molar-refractivity contribution is -0.124. The first-order valence-corrected chi connectivity index (χ1v) is 6.57. The first-order valence-electron chi connectivity index (χ1n) is 5.81. The fraction of sp³-hybridized carbons (Fsp3) is 0.250. The van der Waals surface area contributed by atoms with Crippen LogP contribution in [0.2, 0.25) is 10.0 Å². The van der Waals surface area contributed by atoms with Crippen molar-refractivity contribution in [1.82, 2.24) is 10.2 Å². The number of carbonyl (C=O) groups is 3. The second-order valence-electron chi connectivity index (χ2n) is 4.14. The molecule has 4 N–H and O–H groups in total. The molecule has 0 aromatic heterocycles. The van der Waals surface area contributed by atoms with Gasteiger partial charge in [0.05, 0.1) is 17.3 Å². The van der Waals surface area contributed by atoms with E-state index in [1.807, 2.05) is 0 Å². The Balaban J connectivity index is 2.46. The highest BCUT2D eigenvalue weighted by Gasteiger charge is 2.11. The van der Waals surface area contributed by atoms with Crippen molar-refractivity contribution < 1.29 is 14.4 Å². The number of urea groups is 1. The summed E-state index contributed by atoms with van der Waals surface area (Å²) in [5.41, 5.74) is 5.32. The minimum Gasteiger partial charge on any atom is -0.351 e. The second-order valence-corrected chi connectivity index (χ2v) is 4.99. The molecule has 0 aliphatic heterocycles. The summed E-state index contributed by atoms with van der Waals surface area (Å²) in [6.07, 6.45) is 0. The lowest BCUT2D eigenvalue weighted by atomic mass is 10.3. The lowest BCUT2D eigenvalue weighted by Crippen LogP contribution is -2.42. The van der Waals surface area contributed by atoms with E-state index < -0.39 is 17.8 Å². The highest BCUT2D eigenvalue weighted by atomic mass is 35.5. The summed E-state index contributed by atoms with van der Waals surface area (Å²) >= 11 is 11.7. The van der Waals surface area contributed by atoms with Crippen molar-refractivity contribution in [3.8, 4) is 0 Å². The van der Waals surface area contributed by atoms with Gasteiger partial charge in [-0.05, 0) is 18.2 Å². The van der Waals surface area contributed by atoms with Gasteiger partial charge in [-0.1, -0.05) is 23.2 Å². The molecule has 1 aromatic carbocycles. The summed E-state index contributed by atoms with van der Waals surface area (Å²) in [7, 11) is 1.37. The lowest BCUT2D eigenvalue weighted by Gasteiger charge is -2.13. The summed E-state index contributed by atoms with van der Waals surface area (Å²) in [6.45, 7) is -0.505. The van der Waals surface area contributed by atoms with Crippen LogP contribution in [0.15, 0.2) is 18.2 Å². The number of hydrogen-bond acceptors (Lipinski definition) is 3. The quantitative estimate of drug-likeness (QED) is 0.750. The maximum Gasteiger partial charge on any atom is 0.314 e. The number of carbonyl (C=O) groups excluding carboxylic acids is 3. The normalized spacial score (nSPS) is 9.86. The zero-order chi connectivity index (χ0) is 16.0. The van der Waals surface area contributed by atoms with Crippen LogP contribution in [0.3, 0.4) is 0 Å². The molecule has 0 aliphatic carbocycles. The van der Waals surface area contributed by atoms with Crippen molar-refractivity contribution in [1.29, 1.82) is 0 Å². The third-order valence-electron chi connectivity index (χ3n) is 2.41. The van der Waals surface area contributed by atoms with E-state index in [2.05, 4.69) is 10.6 Å². The average Bonchev–Trinajstić information content (AvgIpc) is 2.40. The molecule has 0 saturated carbocycles. The smallest absolute Gasteiger partial charge is 0.314 e. The van der Waals surface area contributed by atoms with Crippen molar-refractivity contribution in [2.75, 3.05) is 25.5 Å². The van der Waals surface area contributed by atoms with Crippen LogP contribution in [-0.4, -0.2) is 42.9 Å². The summed E-state index contributed by atoms with van der Waals surface area (Å²) in [5.74, 6) is -0.988. The Hall–Kier alpha value is -1.99. The Morgan fingerprint density at radius 1 is 1.24 bits per heavy atom. The number of nitrogens with two attached hydrogens (primary N) is 1. The number of rotatable bonds is 5. The predicted molar refractivity (Wildman–Crippen MR) is 80.3 cm³/mol. The van der Waals surface area contributed by atoms with Gasteiger partial charge in [0.1, 0.15) is 6.54 Å². The van der Waals surface area contributed by atoms with Crippen molar-refractivity contribution in [3.63, 3.8) is 0 Å². The van der Waals surface area contributed by atoms with E-state index in [4.69, 9.17) is 28.9 Å². The number of halogens is 2. The summed E-state index contributed by atoms with van der Waals surface area (Å²) in [4.78, 5) is 34.9. The van der Waals surface area contributed by atoms with Gasteiger partial charge in [-0.15, -0.1) is 0 Å². The standard InChI is InChI=1S/C12H14Cl2N4O3/c1-18(12(15)21)6-11(20)16-5-10(19)17-9-4-7(13)2-3-8(9)14/h2-4H,5-6H2,1H3,(H2,15,21)(H,16,20)(H,17,19). The third kappa shape index (κ3) is 5.88. The maximum atomic E-state index is 11.7. The van der Waals surface area contributed by atoms with Crippen LogP contribution in [0.5, 0.6) is 0 Å². The number of anilines is 1. The highest BCUT2D eigenvalue weighted by molar-refractivity contribution is 6.35. The molecule has 0 radical (unpaired) electrons. The van der Waals surface area contributed by atoms with Gasteiger partial charge in [-0.3, -0.25) is 9.59 Å². The Morgan fingerprint density at radius 3 is 2.52 bits per heavy atom. The second kappa shape index (κ2) is 7.70. The number of nitrogens with one attached hydrogen (secondary N) is 2. The molecule has 9 heteroatoms. The SMILES string of the molecule is CN(CC(=O)NCC(=O)Nc1cc(Cl)ccc1Cl)C(N)=O. The molecule has 0 bridgehead atoms. The predicted octanol–water partition coefficient (Wildman–Crippen LogP) is 1.06. The van der Waals surface area contributed by atoms with Gasteiger partial charge in [0.2, 0.25) is 11.8 Å². The van der Waals surface area contributed by atoms with Crippen LogP contribution >= 0.6 is 23.2 Å². The Morgan fingerprint density at radius 2 is 1.90 bits per heavy atom. The topological polar surface area (TPSA) is 105 Å². The zero-order valence-corrected chi connectivity index (χ0v) is 12.7. The van der Waals surface area contributed by atoms with Gasteiger partial charge in [-0.25, -0.2) is 4.79 Å². The molecule has 4 amide bonds. The van der Waals surface area contributed by atoms with Gasteiger partial charge in [-0.2, -0.15) is 0 Å². The van der Waals surface area contributed by atoms with E-state index in [0.29, 0.717) is 15.7 Å². The first-order chi connectivity index (χ1) is 9.79. The van der Waals surface area contributed by atoms with Gasteiger partial charge >= 0.3 is 6.03 Å². The van der Waals surface area contributed by atoms with E-state index >= 15 is 0 Å². The van der Waals surface area contributed by atoms with E-state index in [9.17, 15) is 14.4 Å². The van der Waals surface area contributed by atoms with Crippen LogP contribution in [-0.2, 0) is 9.59 Å². The van der Waals surface area contributed by atoms with Crippen LogP contribution in [0.25, 0.3) is 0 Å². The molecule has 1 rings (SSSR count). The van der Waals surface area contributed by atoms with Crippen molar-refractivity contribution >= 4 is 46.7 Å². The van der Waals surface area contributed by atoms with Gasteiger partial charge < -0.3 is 21.3 Å². The molecule has 0 spiro atoms. The number of amides is 4. The Labute approximate surface area is 131 Å². The fourth-order valence-electron chi connectivity index (χ4n) is 1.32. The molecule has 0 fully saturated rings. The van der Waals surface area contributed by atoms with E-state index in [0.717, 1.165) is 4.90 Å². The highest BCUT2D eigenvalue weighted by Crippen LogP contribution is 2.25. The number of primary amides is 1. The molecule has 0 aliphatic rings. The number of benzene rings is 1. The Kier molecular flexibility index (Phi) is 6.26. The number of likely N-dealkylation sites (N-methyl/N-ethyl adjacent to an activating group) is 1. The first kappa shape index (κ1) is 17.1. The largest absolute Gasteiger partial charge is 0.351 e. The fourth-order valence-corrected chi connectivity index (χ4v) is 1.65. The summed E-state index contributed by atoms with van der Waals surface area (Å²) in [6, 6.07) is 3.88. The van der Waals surface area contributed by atoms with Crippen molar-refractivity contribution in [2.24, 2.45) is 5.73 Å². The summed E-state index contributed by atoms with van der Waals surface area (Å²) in [5, 5.41) is 5.60. The molecule has 0 unspecified atom stereocenters. The van der Waals surface area contributed by atoms with E-state index in [1.54, 1.807) is 12.1 Å². The van der Waals surface area contributed by atoms with Gasteiger partial charge in [0.15, 0.2) is 0 Å². The summed E-state index contributed by atoms with van der Waals surface area (Å²) < 4.78 is 0. The van der Waals surface area contributed by atoms with Crippen LogP contribution in [0, 0.1) is 0 Å². The molecule has 0 atom stereocenters. The number of hydrogen-bond donors (Lipinski definition) is 3. The molecule has 0 saturated heterocycles. The minimum absolute atomic E-state index is 0.236. The maximum absolute atomic E-state index is 11.7. The van der Waals surface area contributed by atoms with Crippen molar-refractivity contribution in [2.45, 2.75) is 0 Å². The molecule has 7 nitrogen and oxygen atoms in total. The average molecular weight is 333 g/mol. The third-order valence-corrected chi connectivity index (χ3v) is 2.97. The van der Waals surface area contributed by atoms with E-state index in [1.165, 1.54) is 13.1 Å². The minimum atomic E-state index is -0.736. The van der Waals surface area contributed by atoms with Crippen LogP contribution < -0.4 is 16.4 Å². The molecule has 1 aromatic rings. The van der Waals surface area contributed by atoms with E-state index in [-0.39, 0.29) is 13.1 Å². The molecule has 0 heterocycles. The molecule has 114 valence electrons. The van der Waals surface area contributed by atoms with Crippen molar-refractivity contribution in [3.05, 3.63) is 28.2 Å². The zero-order valence-electron chi connectivity index (χ0n) is 11.2. The van der Waals surface area contributed by atoms with Gasteiger partial charge in [0, 0.05) is 12.1 Å². The monoisotopic (exact) mass is 332 g/mol. The molecular formula is C12H14Cl2N4O3. The Bertz CT molecular complexity index is 565. The molecular weight excluding hydrogens is 319 g/mol. The van der Waals surface area contributed by atoms with Gasteiger partial charge in [0.25, 0.3) is 0 Å². The van der Waals surface area contributed by atoms with Crippen LogP contribution in [0.4, 0.5) is 10.5 Å². The van der Waals surface area contributed by atoms with Crippen LogP contribution in [0.1, 0.15) is 0 Å². The molecule has 21 heavy (non-hydrogen) atoms. The number of nitrogens with zero attached hydrogens (tertiary/aromatic N) is 1.